The summed E-state index contributed by atoms with van der Waals surface area (Å²) < 4.78 is 5.95. The van der Waals surface area contributed by atoms with E-state index >= 15 is 0 Å². The number of aromatic carboxylic acids is 1. The summed E-state index contributed by atoms with van der Waals surface area (Å²) in [4.78, 5) is 23.4. The van der Waals surface area contributed by atoms with Crippen LogP contribution in [0.25, 0.3) is 0 Å². The average Bonchev–Trinajstić information content (AvgIpc) is 2.57. The zero-order chi connectivity index (χ0) is 17.6. The molecule has 5 nitrogen and oxygen atoms in total. The van der Waals surface area contributed by atoms with Gasteiger partial charge >= 0.3 is 5.97 Å². The molecule has 1 fully saturated rings. The summed E-state index contributed by atoms with van der Waals surface area (Å²) >= 11 is 0. The number of carboxylic acid groups (broad SMARTS) is 1. The number of benzene rings is 2. The number of rotatable bonds is 7. The maximum atomic E-state index is 12.2. The molecule has 2 N–H and O–H groups in total. The smallest absolute Gasteiger partial charge is 0.335 e. The van der Waals surface area contributed by atoms with Crippen molar-refractivity contribution < 1.29 is 19.4 Å². The van der Waals surface area contributed by atoms with Gasteiger partial charge in [0.25, 0.3) is 0 Å². The van der Waals surface area contributed by atoms with Gasteiger partial charge in [-0.25, -0.2) is 4.79 Å². The largest absolute Gasteiger partial charge is 0.490 e. The number of carbonyl (C=O) groups is 2. The van der Waals surface area contributed by atoms with Crippen LogP contribution in [-0.4, -0.2) is 23.1 Å². The molecule has 2 aromatic rings. The molecule has 0 aliphatic heterocycles. The molecule has 0 radical (unpaired) electrons. The number of hydrogen-bond donors (Lipinski definition) is 2. The first kappa shape index (κ1) is 17.0. The highest BCUT2D eigenvalue weighted by molar-refractivity contribution is 5.91. The Morgan fingerprint density at radius 3 is 2.40 bits per heavy atom. The van der Waals surface area contributed by atoms with Crippen LogP contribution in [0.4, 0.5) is 0 Å². The zero-order valence-corrected chi connectivity index (χ0v) is 13.9. The number of amides is 1. The zero-order valence-electron chi connectivity index (χ0n) is 13.9. The van der Waals surface area contributed by atoms with Gasteiger partial charge < -0.3 is 15.2 Å². The SMILES string of the molecule is O=C(Cc1ccccc1C(=O)O)NCc1ccccc1OC1CCC1. The number of nitrogens with one attached hydrogen (secondary N) is 1. The van der Waals surface area contributed by atoms with Gasteiger partial charge in [-0.15, -0.1) is 0 Å². The van der Waals surface area contributed by atoms with Crippen LogP contribution in [0, 0.1) is 0 Å². The molecule has 3 rings (SSSR count). The highest BCUT2D eigenvalue weighted by Gasteiger charge is 2.20. The van der Waals surface area contributed by atoms with Crippen LogP contribution in [0.15, 0.2) is 48.5 Å². The first-order valence-electron chi connectivity index (χ1n) is 8.46. The number of ether oxygens (including phenoxy) is 1. The van der Waals surface area contributed by atoms with Gasteiger partial charge in [-0.05, 0) is 37.0 Å². The molecule has 0 atom stereocenters. The molecule has 0 spiro atoms. The van der Waals surface area contributed by atoms with Gasteiger partial charge in [0.1, 0.15) is 5.75 Å². The fourth-order valence-corrected chi connectivity index (χ4v) is 2.75. The first-order chi connectivity index (χ1) is 12.1. The van der Waals surface area contributed by atoms with Crippen LogP contribution in [-0.2, 0) is 17.8 Å². The molecule has 1 aliphatic rings. The van der Waals surface area contributed by atoms with E-state index in [1.165, 1.54) is 12.5 Å². The third-order valence-electron chi connectivity index (χ3n) is 4.39. The highest BCUT2D eigenvalue weighted by atomic mass is 16.5. The molecule has 0 unspecified atom stereocenters. The van der Waals surface area contributed by atoms with Crippen molar-refractivity contribution in [3.05, 3.63) is 65.2 Å². The van der Waals surface area contributed by atoms with Crippen molar-refractivity contribution in [2.24, 2.45) is 0 Å². The van der Waals surface area contributed by atoms with Crippen LogP contribution in [0.3, 0.4) is 0 Å². The van der Waals surface area contributed by atoms with Gasteiger partial charge in [0.05, 0.1) is 18.1 Å². The molecule has 1 saturated carbocycles. The van der Waals surface area contributed by atoms with E-state index in [0.717, 1.165) is 24.2 Å². The van der Waals surface area contributed by atoms with Gasteiger partial charge in [-0.3, -0.25) is 4.79 Å². The topological polar surface area (TPSA) is 75.6 Å². The van der Waals surface area contributed by atoms with Crippen LogP contribution in [0.5, 0.6) is 5.75 Å². The van der Waals surface area contributed by atoms with E-state index in [4.69, 9.17) is 4.74 Å². The lowest BCUT2D eigenvalue weighted by Crippen LogP contribution is -2.27. The molecule has 130 valence electrons. The Kier molecular flexibility index (Phi) is 5.33. The van der Waals surface area contributed by atoms with Gasteiger partial charge in [0, 0.05) is 12.1 Å². The minimum absolute atomic E-state index is 0.0358. The molecule has 0 bridgehead atoms. The van der Waals surface area contributed by atoms with E-state index in [2.05, 4.69) is 5.32 Å². The quantitative estimate of drug-likeness (QED) is 0.812. The molecule has 25 heavy (non-hydrogen) atoms. The summed E-state index contributed by atoms with van der Waals surface area (Å²) in [6, 6.07) is 14.2. The Hall–Kier alpha value is -2.82. The molecule has 0 saturated heterocycles. The number of carboxylic acids is 1. The van der Waals surface area contributed by atoms with Gasteiger partial charge in [-0.1, -0.05) is 36.4 Å². The maximum Gasteiger partial charge on any atom is 0.335 e. The lowest BCUT2D eigenvalue weighted by Gasteiger charge is -2.27. The van der Waals surface area contributed by atoms with Gasteiger partial charge in [0.15, 0.2) is 0 Å². The minimum atomic E-state index is -1.03. The second-order valence-corrected chi connectivity index (χ2v) is 6.19. The predicted octanol–water partition coefficient (Wildman–Crippen LogP) is 3.18. The molecule has 0 aromatic heterocycles. The molecular weight excluding hydrogens is 318 g/mol. The summed E-state index contributed by atoms with van der Waals surface area (Å²) in [6.07, 6.45) is 3.67. The summed E-state index contributed by atoms with van der Waals surface area (Å²) in [5, 5.41) is 12.0. The molecule has 1 amide bonds. The first-order valence-corrected chi connectivity index (χ1v) is 8.46. The van der Waals surface area contributed by atoms with E-state index in [9.17, 15) is 14.7 Å². The van der Waals surface area contributed by atoms with Crippen molar-refractivity contribution in [1.82, 2.24) is 5.32 Å². The Labute approximate surface area is 146 Å². The van der Waals surface area contributed by atoms with E-state index in [-0.39, 0.29) is 24.0 Å². The van der Waals surface area contributed by atoms with Gasteiger partial charge in [0.2, 0.25) is 5.91 Å². The molecular formula is C20H21NO4. The fraction of sp³-hybridized carbons (Fsp3) is 0.300. The predicted molar refractivity (Wildman–Crippen MR) is 93.7 cm³/mol. The third kappa shape index (κ3) is 4.38. The normalized spacial score (nSPS) is 13.8. The number of hydrogen-bond acceptors (Lipinski definition) is 3. The molecule has 2 aromatic carbocycles. The molecule has 0 heterocycles. The van der Waals surface area contributed by atoms with Crippen molar-refractivity contribution in [2.75, 3.05) is 0 Å². The summed E-state index contributed by atoms with van der Waals surface area (Å²) in [6.45, 7) is 0.358. The fourth-order valence-electron chi connectivity index (χ4n) is 2.75. The van der Waals surface area contributed by atoms with Crippen molar-refractivity contribution in [1.29, 1.82) is 0 Å². The van der Waals surface area contributed by atoms with Crippen LogP contribution in [0.1, 0.15) is 40.7 Å². The van der Waals surface area contributed by atoms with E-state index < -0.39 is 5.97 Å². The van der Waals surface area contributed by atoms with Crippen molar-refractivity contribution in [3.8, 4) is 5.75 Å². The minimum Gasteiger partial charge on any atom is -0.490 e. The summed E-state index contributed by atoms with van der Waals surface area (Å²) in [5.41, 5.74) is 1.59. The Balaban J connectivity index is 1.60. The number of para-hydroxylation sites is 1. The lowest BCUT2D eigenvalue weighted by molar-refractivity contribution is -0.120. The maximum absolute atomic E-state index is 12.2. The van der Waals surface area contributed by atoms with E-state index in [0.29, 0.717) is 12.1 Å². The number of carbonyl (C=O) groups excluding carboxylic acids is 1. The van der Waals surface area contributed by atoms with Crippen molar-refractivity contribution in [2.45, 2.75) is 38.3 Å². The summed E-state index contributed by atoms with van der Waals surface area (Å²) in [7, 11) is 0. The lowest BCUT2D eigenvalue weighted by atomic mass is 9.96. The van der Waals surface area contributed by atoms with E-state index in [1.54, 1.807) is 18.2 Å². The van der Waals surface area contributed by atoms with E-state index in [1.807, 2.05) is 24.3 Å². The second kappa shape index (κ2) is 7.83. The van der Waals surface area contributed by atoms with Crippen LogP contribution < -0.4 is 10.1 Å². The monoisotopic (exact) mass is 339 g/mol. The standard InChI is InChI=1S/C20H21NO4/c22-19(12-14-6-1-3-10-17(14)20(23)24)21-13-15-7-2-4-11-18(15)25-16-8-5-9-16/h1-4,6-7,10-11,16H,5,8-9,12-13H2,(H,21,22)(H,23,24). The Morgan fingerprint density at radius 2 is 1.72 bits per heavy atom. The highest BCUT2D eigenvalue weighted by Crippen LogP contribution is 2.27. The van der Waals surface area contributed by atoms with Crippen LogP contribution in [0.2, 0.25) is 0 Å². The van der Waals surface area contributed by atoms with Gasteiger partial charge in [-0.2, -0.15) is 0 Å². The average molecular weight is 339 g/mol. The molecule has 1 aliphatic carbocycles. The van der Waals surface area contributed by atoms with Crippen molar-refractivity contribution >= 4 is 11.9 Å². The molecule has 5 heteroatoms. The van der Waals surface area contributed by atoms with Crippen molar-refractivity contribution in [3.63, 3.8) is 0 Å². The Morgan fingerprint density at radius 1 is 1.04 bits per heavy atom. The third-order valence-corrected chi connectivity index (χ3v) is 4.39. The van der Waals surface area contributed by atoms with Crippen LogP contribution >= 0.6 is 0 Å². The second-order valence-electron chi connectivity index (χ2n) is 6.19. The Bertz CT molecular complexity index is 768. The summed E-state index contributed by atoms with van der Waals surface area (Å²) in [5.74, 6) is -0.437.